The number of furan rings is 1. The Labute approximate surface area is 99.8 Å². The van der Waals surface area contributed by atoms with Gasteiger partial charge in [-0.25, -0.2) is 0 Å². The van der Waals surface area contributed by atoms with Crippen LogP contribution in [0.3, 0.4) is 0 Å². The lowest BCUT2D eigenvalue weighted by atomic mass is 10.2. The van der Waals surface area contributed by atoms with Gasteiger partial charge in [-0.2, -0.15) is 0 Å². The SMILES string of the molecule is NCCCc1ccc(Sc2ccccc2)o1. The van der Waals surface area contributed by atoms with Crippen LogP contribution in [-0.2, 0) is 6.42 Å². The Balaban J connectivity index is 1.97. The van der Waals surface area contributed by atoms with Gasteiger partial charge in [0.25, 0.3) is 0 Å². The minimum atomic E-state index is 0.710. The maximum atomic E-state index is 5.70. The summed E-state index contributed by atoms with van der Waals surface area (Å²) in [7, 11) is 0. The summed E-state index contributed by atoms with van der Waals surface area (Å²) in [5.74, 6) is 1.02. The van der Waals surface area contributed by atoms with Gasteiger partial charge in [-0.05, 0) is 37.2 Å². The molecule has 1 heterocycles. The minimum Gasteiger partial charge on any atom is -0.455 e. The van der Waals surface area contributed by atoms with Crippen molar-refractivity contribution in [3.63, 3.8) is 0 Å². The number of nitrogens with two attached hydrogens (primary N) is 1. The summed E-state index contributed by atoms with van der Waals surface area (Å²) in [4.78, 5) is 1.20. The molecule has 0 saturated carbocycles. The molecule has 0 aliphatic rings. The molecule has 0 amide bonds. The van der Waals surface area contributed by atoms with Gasteiger partial charge in [0.2, 0.25) is 0 Å². The molecular weight excluding hydrogens is 218 g/mol. The lowest BCUT2D eigenvalue weighted by Gasteiger charge is -1.97. The fourth-order valence-electron chi connectivity index (χ4n) is 1.43. The van der Waals surface area contributed by atoms with E-state index in [0.29, 0.717) is 6.54 Å². The van der Waals surface area contributed by atoms with Gasteiger partial charge in [0.15, 0.2) is 5.09 Å². The molecule has 1 aromatic carbocycles. The fourth-order valence-corrected chi connectivity index (χ4v) is 2.24. The molecule has 0 fully saturated rings. The molecule has 0 radical (unpaired) electrons. The van der Waals surface area contributed by atoms with Crippen LogP contribution in [0.5, 0.6) is 0 Å². The van der Waals surface area contributed by atoms with Gasteiger partial charge in [-0.1, -0.05) is 30.0 Å². The molecule has 16 heavy (non-hydrogen) atoms. The first-order chi connectivity index (χ1) is 7.88. The van der Waals surface area contributed by atoms with E-state index in [-0.39, 0.29) is 0 Å². The predicted molar refractivity (Wildman–Crippen MR) is 66.6 cm³/mol. The Morgan fingerprint density at radius 1 is 1.06 bits per heavy atom. The lowest BCUT2D eigenvalue weighted by Crippen LogP contribution is -1.99. The maximum Gasteiger partial charge on any atom is 0.165 e. The van der Waals surface area contributed by atoms with E-state index in [9.17, 15) is 0 Å². The fraction of sp³-hybridized carbons (Fsp3) is 0.231. The van der Waals surface area contributed by atoms with E-state index in [1.807, 2.05) is 30.3 Å². The van der Waals surface area contributed by atoms with E-state index in [1.54, 1.807) is 11.8 Å². The third-order valence-corrected chi connectivity index (χ3v) is 3.15. The summed E-state index contributed by atoms with van der Waals surface area (Å²) in [6.07, 6.45) is 1.90. The van der Waals surface area contributed by atoms with Crippen molar-refractivity contribution in [3.05, 3.63) is 48.2 Å². The van der Waals surface area contributed by atoms with Crippen LogP contribution >= 0.6 is 11.8 Å². The number of rotatable bonds is 5. The Bertz CT molecular complexity index is 425. The zero-order chi connectivity index (χ0) is 11.2. The van der Waals surface area contributed by atoms with Gasteiger partial charge >= 0.3 is 0 Å². The van der Waals surface area contributed by atoms with Crippen molar-refractivity contribution in [2.75, 3.05) is 6.54 Å². The van der Waals surface area contributed by atoms with E-state index in [0.717, 1.165) is 23.7 Å². The summed E-state index contributed by atoms with van der Waals surface area (Å²) in [5.41, 5.74) is 5.46. The van der Waals surface area contributed by atoms with E-state index in [2.05, 4.69) is 12.1 Å². The van der Waals surface area contributed by atoms with Crippen molar-refractivity contribution in [1.29, 1.82) is 0 Å². The first-order valence-corrected chi connectivity index (χ1v) is 6.22. The molecule has 84 valence electrons. The van der Waals surface area contributed by atoms with E-state index in [4.69, 9.17) is 10.2 Å². The van der Waals surface area contributed by atoms with Crippen molar-refractivity contribution >= 4 is 11.8 Å². The topological polar surface area (TPSA) is 39.2 Å². The number of benzene rings is 1. The zero-order valence-corrected chi connectivity index (χ0v) is 9.87. The molecular formula is C13H15NOS. The van der Waals surface area contributed by atoms with Crippen LogP contribution in [-0.4, -0.2) is 6.54 Å². The second kappa shape index (κ2) is 5.77. The summed E-state index contributed by atoms with van der Waals surface area (Å²) < 4.78 is 5.70. The van der Waals surface area contributed by atoms with Gasteiger partial charge in [0.05, 0.1) is 0 Å². The molecule has 2 aromatic rings. The van der Waals surface area contributed by atoms with E-state index in [1.165, 1.54) is 4.90 Å². The molecule has 0 atom stereocenters. The van der Waals surface area contributed by atoms with Gasteiger partial charge < -0.3 is 10.2 Å². The molecule has 0 saturated heterocycles. The summed E-state index contributed by atoms with van der Waals surface area (Å²) in [6.45, 7) is 0.710. The summed E-state index contributed by atoms with van der Waals surface area (Å²) in [5, 5.41) is 0.943. The Kier molecular flexibility index (Phi) is 4.08. The van der Waals surface area contributed by atoms with Crippen LogP contribution < -0.4 is 5.73 Å². The van der Waals surface area contributed by atoms with Crippen LogP contribution in [0.1, 0.15) is 12.2 Å². The van der Waals surface area contributed by atoms with Gasteiger partial charge in [0.1, 0.15) is 5.76 Å². The average molecular weight is 233 g/mol. The van der Waals surface area contributed by atoms with Gasteiger partial charge in [0, 0.05) is 11.3 Å². The van der Waals surface area contributed by atoms with E-state index >= 15 is 0 Å². The minimum absolute atomic E-state index is 0.710. The molecule has 0 aliphatic carbocycles. The molecule has 0 unspecified atom stereocenters. The molecule has 0 aliphatic heterocycles. The second-order valence-corrected chi connectivity index (χ2v) is 4.61. The summed E-state index contributed by atoms with van der Waals surface area (Å²) in [6, 6.07) is 14.3. The zero-order valence-electron chi connectivity index (χ0n) is 9.06. The highest BCUT2D eigenvalue weighted by Crippen LogP contribution is 2.29. The first-order valence-electron chi connectivity index (χ1n) is 5.40. The quantitative estimate of drug-likeness (QED) is 0.861. The van der Waals surface area contributed by atoms with Crippen LogP contribution in [0.4, 0.5) is 0 Å². The van der Waals surface area contributed by atoms with Crippen molar-refractivity contribution in [1.82, 2.24) is 0 Å². The van der Waals surface area contributed by atoms with Crippen molar-refractivity contribution in [2.24, 2.45) is 5.73 Å². The molecule has 2 nitrogen and oxygen atoms in total. The molecule has 3 heteroatoms. The predicted octanol–water partition coefficient (Wildman–Crippen LogP) is 3.32. The number of hydrogen-bond acceptors (Lipinski definition) is 3. The highest BCUT2D eigenvalue weighted by Gasteiger charge is 2.03. The first kappa shape index (κ1) is 11.3. The Morgan fingerprint density at radius 2 is 1.88 bits per heavy atom. The monoisotopic (exact) mass is 233 g/mol. The molecule has 1 aromatic heterocycles. The highest BCUT2D eigenvalue weighted by atomic mass is 32.2. The Hall–Kier alpha value is -1.19. The maximum absolute atomic E-state index is 5.70. The third-order valence-electron chi connectivity index (χ3n) is 2.23. The van der Waals surface area contributed by atoms with Crippen LogP contribution in [0, 0.1) is 0 Å². The average Bonchev–Trinajstić information content (AvgIpc) is 2.75. The van der Waals surface area contributed by atoms with E-state index < -0.39 is 0 Å². The highest BCUT2D eigenvalue weighted by molar-refractivity contribution is 7.99. The van der Waals surface area contributed by atoms with Gasteiger partial charge in [-0.3, -0.25) is 0 Å². The van der Waals surface area contributed by atoms with Crippen LogP contribution in [0.2, 0.25) is 0 Å². The standard InChI is InChI=1S/C13H15NOS/c14-10-4-5-11-8-9-13(15-11)16-12-6-2-1-3-7-12/h1-3,6-9H,4-5,10,14H2. The van der Waals surface area contributed by atoms with Crippen LogP contribution in [0.15, 0.2) is 56.9 Å². The molecule has 0 spiro atoms. The normalized spacial score (nSPS) is 10.6. The largest absolute Gasteiger partial charge is 0.455 e. The number of aryl methyl sites for hydroxylation is 1. The number of hydrogen-bond donors (Lipinski definition) is 1. The lowest BCUT2D eigenvalue weighted by molar-refractivity contribution is 0.428. The van der Waals surface area contributed by atoms with Crippen LogP contribution in [0.25, 0.3) is 0 Å². The molecule has 0 bridgehead atoms. The van der Waals surface area contributed by atoms with Crippen molar-refractivity contribution < 1.29 is 4.42 Å². The van der Waals surface area contributed by atoms with Crippen molar-refractivity contribution in [2.45, 2.75) is 22.8 Å². The summed E-state index contributed by atoms with van der Waals surface area (Å²) >= 11 is 1.64. The Morgan fingerprint density at radius 3 is 2.62 bits per heavy atom. The smallest absolute Gasteiger partial charge is 0.165 e. The molecule has 2 rings (SSSR count). The molecule has 2 N–H and O–H groups in total. The second-order valence-electron chi connectivity index (χ2n) is 3.53. The third kappa shape index (κ3) is 3.15. The van der Waals surface area contributed by atoms with Crippen molar-refractivity contribution in [3.8, 4) is 0 Å². The van der Waals surface area contributed by atoms with Gasteiger partial charge in [-0.15, -0.1) is 0 Å².